The molecule has 0 bridgehead atoms. The zero-order valence-corrected chi connectivity index (χ0v) is 19.2. The minimum Gasteiger partial charge on any atom is -0.494 e. The van der Waals surface area contributed by atoms with Crippen LogP contribution in [0.4, 0.5) is 11.4 Å². The van der Waals surface area contributed by atoms with E-state index in [4.69, 9.17) is 4.74 Å². The summed E-state index contributed by atoms with van der Waals surface area (Å²) in [6.07, 6.45) is 5.62. The van der Waals surface area contributed by atoms with Crippen molar-refractivity contribution in [2.75, 3.05) is 23.4 Å². The van der Waals surface area contributed by atoms with E-state index in [-0.39, 0.29) is 11.9 Å². The van der Waals surface area contributed by atoms with Gasteiger partial charge in [0.2, 0.25) is 0 Å². The van der Waals surface area contributed by atoms with Gasteiger partial charge in [-0.2, -0.15) is 0 Å². The van der Waals surface area contributed by atoms with Crippen LogP contribution >= 0.6 is 0 Å². The molecule has 1 aliphatic carbocycles. The second-order valence-electron chi connectivity index (χ2n) is 8.63. The van der Waals surface area contributed by atoms with Crippen molar-refractivity contribution in [3.05, 3.63) is 102 Å². The van der Waals surface area contributed by atoms with E-state index in [0.717, 1.165) is 29.1 Å². The molecular weight excluding hydrogens is 408 g/mol. The molecule has 5 rings (SSSR count). The van der Waals surface area contributed by atoms with Crippen LogP contribution in [0.15, 0.2) is 84.9 Å². The number of ether oxygens (including phenoxy) is 1. The zero-order chi connectivity index (χ0) is 22.8. The lowest BCUT2D eigenvalue weighted by atomic mass is 9.76. The molecule has 3 atom stereocenters. The molecule has 3 aromatic rings. The van der Waals surface area contributed by atoms with Gasteiger partial charge in [-0.05, 0) is 67.6 Å². The van der Waals surface area contributed by atoms with Gasteiger partial charge in [0.15, 0.2) is 0 Å². The summed E-state index contributed by atoms with van der Waals surface area (Å²) in [6.45, 7) is 5.28. The minimum atomic E-state index is 0.0268. The highest BCUT2D eigenvalue weighted by Crippen LogP contribution is 2.50. The predicted molar refractivity (Wildman–Crippen MR) is 134 cm³/mol. The van der Waals surface area contributed by atoms with Crippen LogP contribution in [0, 0.1) is 5.92 Å². The van der Waals surface area contributed by atoms with Crippen LogP contribution in [0.25, 0.3) is 0 Å². The van der Waals surface area contributed by atoms with Gasteiger partial charge in [0.05, 0.1) is 23.9 Å². The summed E-state index contributed by atoms with van der Waals surface area (Å²) in [7, 11) is 0. The van der Waals surface area contributed by atoms with Crippen molar-refractivity contribution in [1.82, 2.24) is 0 Å². The third-order valence-corrected chi connectivity index (χ3v) is 6.81. The lowest BCUT2D eigenvalue weighted by Gasteiger charge is -2.38. The normalized spacial score (nSPS) is 20.5. The van der Waals surface area contributed by atoms with Crippen LogP contribution < -0.4 is 15.0 Å². The fourth-order valence-corrected chi connectivity index (χ4v) is 5.26. The summed E-state index contributed by atoms with van der Waals surface area (Å²) in [4.78, 5) is 15.6. The number of para-hydroxylation sites is 2. The Hall–Kier alpha value is -3.53. The third kappa shape index (κ3) is 3.91. The Labute approximate surface area is 195 Å². The second-order valence-corrected chi connectivity index (χ2v) is 8.63. The number of hydrogen-bond donors (Lipinski definition) is 1. The number of hydrogen-bond acceptors (Lipinski definition) is 3. The van der Waals surface area contributed by atoms with E-state index in [1.165, 1.54) is 11.1 Å². The Morgan fingerprint density at radius 1 is 1.00 bits per heavy atom. The largest absolute Gasteiger partial charge is 0.494 e. The van der Waals surface area contributed by atoms with E-state index in [1.54, 1.807) is 0 Å². The molecule has 2 aliphatic rings. The number of carbonyl (C=O) groups excluding carboxylic acids is 1. The molecule has 0 saturated carbocycles. The van der Waals surface area contributed by atoms with Gasteiger partial charge in [0.25, 0.3) is 5.91 Å². The van der Waals surface area contributed by atoms with Crippen molar-refractivity contribution in [1.29, 1.82) is 0 Å². The first-order chi connectivity index (χ1) is 16.2. The molecule has 1 amide bonds. The zero-order valence-electron chi connectivity index (χ0n) is 19.2. The molecule has 4 heteroatoms. The van der Waals surface area contributed by atoms with Crippen molar-refractivity contribution < 1.29 is 9.53 Å². The number of amides is 1. The van der Waals surface area contributed by atoms with E-state index in [9.17, 15) is 4.79 Å². The number of carbonyl (C=O) groups is 1. The van der Waals surface area contributed by atoms with E-state index in [0.29, 0.717) is 25.0 Å². The maximum Gasteiger partial charge on any atom is 0.260 e. The number of nitrogens with one attached hydrogen (secondary N) is 1. The molecule has 168 valence electrons. The van der Waals surface area contributed by atoms with E-state index in [2.05, 4.69) is 35.7 Å². The van der Waals surface area contributed by atoms with E-state index in [1.807, 2.05) is 73.3 Å². The first kappa shape index (κ1) is 21.3. The average Bonchev–Trinajstić information content (AvgIpc) is 3.35. The number of allylic oxidation sites excluding steroid dienone is 2. The fraction of sp³-hybridized carbons (Fsp3) is 0.276. The quantitative estimate of drug-likeness (QED) is 0.442. The van der Waals surface area contributed by atoms with Gasteiger partial charge in [-0.3, -0.25) is 4.79 Å². The van der Waals surface area contributed by atoms with Crippen LogP contribution in [0.2, 0.25) is 0 Å². The molecule has 1 aliphatic heterocycles. The van der Waals surface area contributed by atoms with Gasteiger partial charge in [-0.15, -0.1) is 0 Å². The summed E-state index contributed by atoms with van der Waals surface area (Å²) >= 11 is 0. The summed E-state index contributed by atoms with van der Waals surface area (Å²) in [5, 5.41) is 3.79. The van der Waals surface area contributed by atoms with Gasteiger partial charge >= 0.3 is 0 Å². The summed E-state index contributed by atoms with van der Waals surface area (Å²) in [5.41, 5.74) is 5.04. The topological polar surface area (TPSA) is 41.6 Å². The Bertz CT molecular complexity index is 1150. The van der Waals surface area contributed by atoms with Crippen LogP contribution in [0.5, 0.6) is 5.75 Å². The predicted octanol–water partition coefficient (Wildman–Crippen LogP) is 6.58. The van der Waals surface area contributed by atoms with Crippen molar-refractivity contribution in [2.45, 2.75) is 32.2 Å². The van der Waals surface area contributed by atoms with Gasteiger partial charge in [-0.1, -0.05) is 54.6 Å². The Kier molecular flexibility index (Phi) is 5.91. The molecule has 0 aromatic heterocycles. The van der Waals surface area contributed by atoms with Crippen LogP contribution in [0.1, 0.15) is 53.7 Å². The molecule has 0 spiro atoms. The molecule has 0 radical (unpaired) electrons. The smallest absolute Gasteiger partial charge is 0.260 e. The first-order valence-corrected chi connectivity index (χ1v) is 11.9. The fourth-order valence-electron chi connectivity index (χ4n) is 5.26. The second kappa shape index (κ2) is 9.14. The molecular formula is C29H30N2O2. The Morgan fingerprint density at radius 2 is 1.79 bits per heavy atom. The molecule has 0 fully saturated rings. The van der Waals surface area contributed by atoms with E-state index >= 15 is 0 Å². The maximum absolute atomic E-state index is 13.8. The monoisotopic (exact) mass is 438 g/mol. The van der Waals surface area contributed by atoms with Crippen molar-refractivity contribution >= 4 is 17.3 Å². The number of nitrogens with zero attached hydrogens (tertiary/aromatic N) is 1. The average molecular weight is 439 g/mol. The SMILES string of the molecule is CCOc1ccc(C2Nc3c(C(=O)N(CC)c4ccccc4)cccc3C3C=CCC32)cc1. The number of benzene rings is 3. The Balaban J connectivity index is 1.53. The summed E-state index contributed by atoms with van der Waals surface area (Å²) in [6, 6.07) is 24.5. The highest BCUT2D eigenvalue weighted by atomic mass is 16.5. The lowest BCUT2D eigenvalue weighted by molar-refractivity contribution is 0.0988. The summed E-state index contributed by atoms with van der Waals surface area (Å²) < 4.78 is 5.64. The van der Waals surface area contributed by atoms with Gasteiger partial charge < -0.3 is 15.0 Å². The van der Waals surface area contributed by atoms with Crippen molar-refractivity contribution in [3.63, 3.8) is 0 Å². The Morgan fingerprint density at radius 3 is 2.52 bits per heavy atom. The molecule has 33 heavy (non-hydrogen) atoms. The van der Waals surface area contributed by atoms with Crippen molar-refractivity contribution in [3.8, 4) is 5.75 Å². The third-order valence-electron chi connectivity index (χ3n) is 6.81. The molecule has 4 nitrogen and oxygen atoms in total. The standard InChI is InChI=1S/C29H30N2O2/c1-3-31(21-10-6-5-7-11-21)29(32)26-15-9-14-25-23-12-8-13-24(23)27(30-28(25)26)20-16-18-22(19-17-20)33-4-2/h5-12,14-19,23-24,27,30H,3-4,13H2,1-2H3. The van der Waals surface area contributed by atoms with Gasteiger partial charge in [0.1, 0.15) is 5.75 Å². The molecule has 3 aromatic carbocycles. The minimum absolute atomic E-state index is 0.0268. The number of fused-ring (bicyclic) bond motifs is 3. The van der Waals surface area contributed by atoms with Gasteiger partial charge in [-0.25, -0.2) is 0 Å². The van der Waals surface area contributed by atoms with Crippen LogP contribution in [-0.4, -0.2) is 19.1 Å². The molecule has 1 N–H and O–H groups in total. The number of anilines is 2. The lowest BCUT2D eigenvalue weighted by Crippen LogP contribution is -2.34. The van der Waals surface area contributed by atoms with Crippen LogP contribution in [0.3, 0.4) is 0 Å². The van der Waals surface area contributed by atoms with Gasteiger partial charge in [0, 0.05) is 18.2 Å². The molecule has 3 unspecified atom stereocenters. The first-order valence-electron chi connectivity index (χ1n) is 11.9. The molecule has 1 heterocycles. The van der Waals surface area contributed by atoms with E-state index < -0.39 is 0 Å². The summed E-state index contributed by atoms with van der Waals surface area (Å²) in [5.74, 6) is 1.64. The van der Waals surface area contributed by atoms with Crippen molar-refractivity contribution in [2.24, 2.45) is 5.92 Å². The van der Waals surface area contributed by atoms with Crippen LogP contribution in [-0.2, 0) is 0 Å². The highest BCUT2D eigenvalue weighted by molar-refractivity contribution is 6.10. The maximum atomic E-state index is 13.8. The number of rotatable bonds is 6. The molecule has 0 saturated heterocycles. The highest BCUT2D eigenvalue weighted by Gasteiger charge is 2.39.